The standard InChI is InChI=1S/C12H25N3O3S/c1-13-7-4-8-14(2)19(16,17)15-9-5-12(6-10-15)11-18-3/h5,13H,4,6-11H2,1-3H3. The molecule has 1 rings (SSSR count). The van der Waals surface area contributed by atoms with Crippen LogP contribution in [0.3, 0.4) is 0 Å². The molecule has 112 valence electrons. The second-order valence-electron chi connectivity index (χ2n) is 4.69. The zero-order valence-corrected chi connectivity index (χ0v) is 12.9. The first-order chi connectivity index (χ1) is 9.02. The Labute approximate surface area is 116 Å². The minimum atomic E-state index is -3.33. The number of hydrogen-bond donors (Lipinski definition) is 1. The van der Waals surface area contributed by atoms with E-state index < -0.39 is 10.2 Å². The topological polar surface area (TPSA) is 61.9 Å². The summed E-state index contributed by atoms with van der Waals surface area (Å²) in [6.45, 7) is 2.92. The summed E-state index contributed by atoms with van der Waals surface area (Å²) in [7, 11) is 1.83. The van der Waals surface area contributed by atoms with Gasteiger partial charge in [0.1, 0.15) is 0 Å². The summed E-state index contributed by atoms with van der Waals surface area (Å²) in [5, 5.41) is 3.02. The molecule has 0 saturated heterocycles. The Morgan fingerprint density at radius 3 is 2.79 bits per heavy atom. The summed E-state index contributed by atoms with van der Waals surface area (Å²) in [5.74, 6) is 0. The molecule has 0 fully saturated rings. The van der Waals surface area contributed by atoms with Crippen molar-refractivity contribution in [3.63, 3.8) is 0 Å². The van der Waals surface area contributed by atoms with Gasteiger partial charge in [-0.1, -0.05) is 6.08 Å². The lowest BCUT2D eigenvalue weighted by molar-refractivity contribution is 0.218. The number of nitrogens with zero attached hydrogens (tertiary/aromatic N) is 2. The van der Waals surface area contributed by atoms with Gasteiger partial charge < -0.3 is 10.1 Å². The summed E-state index contributed by atoms with van der Waals surface area (Å²) < 4.78 is 32.6. The molecule has 0 aliphatic carbocycles. The van der Waals surface area contributed by atoms with Crippen molar-refractivity contribution in [3.8, 4) is 0 Å². The van der Waals surface area contributed by atoms with Crippen LogP contribution in [0.25, 0.3) is 0 Å². The lowest BCUT2D eigenvalue weighted by Crippen LogP contribution is -2.44. The number of rotatable bonds is 8. The highest BCUT2D eigenvalue weighted by Gasteiger charge is 2.27. The summed E-state index contributed by atoms with van der Waals surface area (Å²) in [5.41, 5.74) is 1.17. The minimum Gasteiger partial charge on any atom is -0.380 e. The Bertz CT molecular complexity index is 395. The Balaban J connectivity index is 2.54. The fourth-order valence-electron chi connectivity index (χ4n) is 2.01. The van der Waals surface area contributed by atoms with Crippen molar-refractivity contribution in [2.45, 2.75) is 12.8 Å². The van der Waals surface area contributed by atoms with E-state index in [2.05, 4.69) is 5.32 Å². The zero-order valence-electron chi connectivity index (χ0n) is 12.1. The molecule has 0 aromatic carbocycles. The molecule has 0 amide bonds. The molecular formula is C12H25N3O3S. The van der Waals surface area contributed by atoms with Crippen LogP contribution in [-0.2, 0) is 14.9 Å². The van der Waals surface area contributed by atoms with Crippen molar-refractivity contribution in [3.05, 3.63) is 11.6 Å². The number of nitrogens with one attached hydrogen (secondary N) is 1. The van der Waals surface area contributed by atoms with Crippen molar-refractivity contribution in [1.29, 1.82) is 0 Å². The monoisotopic (exact) mass is 291 g/mol. The van der Waals surface area contributed by atoms with E-state index >= 15 is 0 Å². The highest BCUT2D eigenvalue weighted by Crippen LogP contribution is 2.16. The van der Waals surface area contributed by atoms with Gasteiger partial charge in [0, 0.05) is 33.8 Å². The number of methoxy groups -OCH3 is 1. The van der Waals surface area contributed by atoms with Gasteiger partial charge in [0.15, 0.2) is 0 Å². The van der Waals surface area contributed by atoms with Crippen LogP contribution in [0.1, 0.15) is 12.8 Å². The maximum Gasteiger partial charge on any atom is 0.282 e. The average Bonchev–Trinajstić information content (AvgIpc) is 2.40. The smallest absolute Gasteiger partial charge is 0.282 e. The number of ether oxygens (including phenoxy) is 1. The Morgan fingerprint density at radius 1 is 1.53 bits per heavy atom. The molecule has 0 unspecified atom stereocenters. The lowest BCUT2D eigenvalue weighted by atomic mass is 10.1. The Kier molecular flexibility index (Phi) is 6.95. The van der Waals surface area contributed by atoms with Gasteiger partial charge in [-0.2, -0.15) is 17.0 Å². The summed E-state index contributed by atoms with van der Waals surface area (Å²) in [6, 6.07) is 0. The molecule has 0 aromatic heterocycles. The molecule has 0 aromatic rings. The van der Waals surface area contributed by atoms with E-state index in [0.29, 0.717) is 26.2 Å². The predicted molar refractivity (Wildman–Crippen MR) is 76.2 cm³/mol. The molecule has 1 aliphatic heterocycles. The molecule has 0 saturated carbocycles. The van der Waals surface area contributed by atoms with Crippen LogP contribution in [0.15, 0.2) is 11.6 Å². The van der Waals surface area contributed by atoms with Crippen LogP contribution in [0.4, 0.5) is 0 Å². The van der Waals surface area contributed by atoms with Crippen LogP contribution < -0.4 is 5.32 Å². The van der Waals surface area contributed by atoms with Crippen molar-refractivity contribution in [1.82, 2.24) is 13.9 Å². The van der Waals surface area contributed by atoms with Gasteiger partial charge in [0.25, 0.3) is 10.2 Å². The highest BCUT2D eigenvalue weighted by molar-refractivity contribution is 7.86. The molecule has 0 spiro atoms. The van der Waals surface area contributed by atoms with Gasteiger partial charge in [0.05, 0.1) is 6.61 Å². The van der Waals surface area contributed by atoms with Crippen molar-refractivity contribution < 1.29 is 13.2 Å². The maximum absolute atomic E-state index is 12.3. The van der Waals surface area contributed by atoms with Crippen molar-refractivity contribution in [2.75, 3.05) is 54.0 Å². The molecule has 1 aliphatic rings. The van der Waals surface area contributed by atoms with Crippen LogP contribution in [0.5, 0.6) is 0 Å². The third-order valence-electron chi connectivity index (χ3n) is 3.22. The lowest BCUT2D eigenvalue weighted by Gasteiger charge is -2.29. The van der Waals surface area contributed by atoms with Crippen LogP contribution >= 0.6 is 0 Å². The van der Waals surface area contributed by atoms with E-state index in [4.69, 9.17) is 4.74 Å². The Hall–Kier alpha value is -0.470. The third kappa shape index (κ3) is 4.85. The van der Waals surface area contributed by atoms with Crippen LogP contribution in [0.2, 0.25) is 0 Å². The maximum atomic E-state index is 12.3. The quantitative estimate of drug-likeness (QED) is 0.507. The fourth-order valence-corrected chi connectivity index (χ4v) is 3.35. The van der Waals surface area contributed by atoms with E-state index in [1.165, 1.54) is 14.2 Å². The van der Waals surface area contributed by atoms with Crippen molar-refractivity contribution >= 4 is 10.2 Å². The van der Waals surface area contributed by atoms with Gasteiger partial charge in [-0.25, -0.2) is 0 Å². The molecule has 6 nitrogen and oxygen atoms in total. The minimum absolute atomic E-state index is 0.442. The first-order valence-electron chi connectivity index (χ1n) is 6.55. The molecular weight excluding hydrogens is 266 g/mol. The molecule has 7 heteroatoms. The first kappa shape index (κ1) is 16.6. The molecule has 0 bridgehead atoms. The van der Waals surface area contributed by atoms with E-state index in [0.717, 1.165) is 19.4 Å². The van der Waals surface area contributed by atoms with Gasteiger partial charge in [-0.15, -0.1) is 0 Å². The Morgan fingerprint density at radius 2 is 2.26 bits per heavy atom. The second-order valence-corrected chi connectivity index (χ2v) is 6.73. The fraction of sp³-hybridized carbons (Fsp3) is 0.833. The van der Waals surface area contributed by atoms with E-state index in [9.17, 15) is 8.42 Å². The van der Waals surface area contributed by atoms with Crippen LogP contribution in [0, 0.1) is 0 Å². The van der Waals surface area contributed by atoms with E-state index in [1.807, 2.05) is 13.1 Å². The highest BCUT2D eigenvalue weighted by atomic mass is 32.2. The largest absolute Gasteiger partial charge is 0.380 e. The van der Waals surface area contributed by atoms with Crippen LogP contribution in [-0.4, -0.2) is 71.0 Å². The normalized spacial score (nSPS) is 17.8. The summed E-state index contributed by atoms with van der Waals surface area (Å²) in [4.78, 5) is 0. The van der Waals surface area contributed by atoms with Crippen molar-refractivity contribution in [2.24, 2.45) is 0 Å². The van der Waals surface area contributed by atoms with Gasteiger partial charge in [-0.3, -0.25) is 0 Å². The summed E-state index contributed by atoms with van der Waals surface area (Å²) >= 11 is 0. The first-order valence-corrected chi connectivity index (χ1v) is 7.95. The predicted octanol–water partition coefficient (Wildman–Crippen LogP) is 0.0510. The van der Waals surface area contributed by atoms with Gasteiger partial charge in [-0.05, 0) is 32.0 Å². The third-order valence-corrected chi connectivity index (χ3v) is 5.17. The summed E-state index contributed by atoms with van der Waals surface area (Å²) in [6.07, 6.45) is 3.51. The average molecular weight is 291 g/mol. The van der Waals surface area contributed by atoms with Gasteiger partial charge in [0.2, 0.25) is 0 Å². The SMILES string of the molecule is CNCCCN(C)S(=O)(=O)N1CC=C(COC)CC1. The second kappa shape index (κ2) is 7.96. The van der Waals surface area contributed by atoms with E-state index in [-0.39, 0.29) is 0 Å². The molecule has 0 radical (unpaired) electrons. The molecule has 19 heavy (non-hydrogen) atoms. The van der Waals surface area contributed by atoms with E-state index in [1.54, 1.807) is 14.2 Å². The molecule has 1 N–H and O–H groups in total. The molecule has 1 heterocycles. The number of hydrogen-bond acceptors (Lipinski definition) is 4. The molecule has 0 atom stereocenters. The van der Waals surface area contributed by atoms with Gasteiger partial charge >= 0.3 is 0 Å². The zero-order chi connectivity index (χ0) is 14.3.